The van der Waals surface area contributed by atoms with Gasteiger partial charge in [0, 0.05) is 35.6 Å². The maximum Gasteiger partial charge on any atom is 0.531 e. The number of anilines is 1. The molecule has 0 aliphatic heterocycles. The Morgan fingerprint density at radius 3 is 2.68 bits per heavy atom. The predicted octanol–water partition coefficient (Wildman–Crippen LogP) is 2.06. The highest BCUT2D eigenvalue weighted by atomic mass is 16.8. The van der Waals surface area contributed by atoms with Gasteiger partial charge in [-0.2, -0.15) is 0 Å². The number of nitrogens with zero attached hydrogens (tertiary/aromatic N) is 2. The highest BCUT2D eigenvalue weighted by Gasteiger charge is 2.21. The van der Waals surface area contributed by atoms with E-state index >= 15 is 0 Å². The molecule has 132 valence electrons. The molecule has 2 aromatic rings. The number of rotatable bonds is 3. The summed E-state index contributed by atoms with van der Waals surface area (Å²) >= 11 is 0. The highest BCUT2D eigenvalue weighted by molar-refractivity contribution is 5.91. The fourth-order valence-electron chi connectivity index (χ4n) is 2.31. The average Bonchev–Trinajstić information content (AvgIpc) is 2.59. The summed E-state index contributed by atoms with van der Waals surface area (Å²) in [6.45, 7) is 3.61. The van der Waals surface area contributed by atoms with E-state index in [-0.39, 0.29) is 11.2 Å². The fourth-order valence-corrected chi connectivity index (χ4v) is 2.31. The molecular weight excluding hydrogens is 328 g/mol. The third kappa shape index (κ3) is 3.94. The second-order valence-corrected chi connectivity index (χ2v) is 5.15. The maximum atomic E-state index is 11.9. The quantitative estimate of drug-likeness (QED) is 0.731. The van der Waals surface area contributed by atoms with E-state index in [0.717, 1.165) is 5.56 Å². The number of H-pyrrole nitrogens is 1. The Morgan fingerprint density at radius 2 is 2.08 bits per heavy atom. The van der Waals surface area contributed by atoms with Gasteiger partial charge in [-0.05, 0) is 25.5 Å². The first kappa shape index (κ1) is 18.0. The zero-order chi connectivity index (χ0) is 18.6. The van der Waals surface area contributed by atoms with E-state index < -0.39 is 12.2 Å². The maximum absolute atomic E-state index is 11.9. The molecule has 0 spiro atoms. The van der Waals surface area contributed by atoms with Crippen LogP contribution in [0.3, 0.4) is 0 Å². The molecular formula is C16H18N4O5. The third-order valence-electron chi connectivity index (χ3n) is 3.53. The number of amides is 2. The molecule has 0 aliphatic rings. The number of pyridine rings is 2. The topological polar surface area (TPSA) is 125 Å². The van der Waals surface area contributed by atoms with Gasteiger partial charge in [0.2, 0.25) is 0 Å². The van der Waals surface area contributed by atoms with Crippen molar-refractivity contribution in [3.8, 4) is 11.1 Å². The van der Waals surface area contributed by atoms with Crippen molar-refractivity contribution in [2.45, 2.75) is 20.3 Å². The van der Waals surface area contributed by atoms with Crippen LogP contribution >= 0.6 is 0 Å². The van der Waals surface area contributed by atoms with Crippen LogP contribution in [0.4, 0.5) is 15.3 Å². The number of urea groups is 1. The van der Waals surface area contributed by atoms with Crippen LogP contribution in [0.15, 0.2) is 29.3 Å². The molecule has 0 aliphatic carbocycles. The molecule has 0 saturated carbocycles. The standard InChI is InChI=1S/C16H18N4O5/c1-4-10-6-13(9(2)19-14(10)21)11-5-12(8-18-7-11)20(15(22)17-3)25-16(23)24/h5-8H,4H2,1-3H3,(H,17,22)(H,19,21)(H,23,24). The van der Waals surface area contributed by atoms with E-state index in [4.69, 9.17) is 5.11 Å². The van der Waals surface area contributed by atoms with Gasteiger partial charge in [-0.25, -0.2) is 9.59 Å². The lowest BCUT2D eigenvalue weighted by Gasteiger charge is -2.19. The SMILES string of the molecule is CCc1cc(-c2cncc(N(OC(=O)O)C(=O)NC)c2)c(C)[nH]c1=O. The minimum atomic E-state index is -1.64. The summed E-state index contributed by atoms with van der Waals surface area (Å²) in [7, 11) is 1.34. The molecule has 9 nitrogen and oxygen atoms in total. The molecule has 0 bridgehead atoms. The van der Waals surface area contributed by atoms with Crippen LogP contribution in [0.5, 0.6) is 0 Å². The number of hydroxylamine groups is 1. The summed E-state index contributed by atoms with van der Waals surface area (Å²) in [6.07, 6.45) is 1.76. The minimum Gasteiger partial charge on any atom is -0.448 e. The molecule has 0 saturated heterocycles. The van der Waals surface area contributed by atoms with Gasteiger partial charge in [0.15, 0.2) is 0 Å². The van der Waals surface area contributed by atoms with E-state index in [2.05, 4.69) is 20.1 Å². The van der Waals surface area contributed by atoms with Crippen LogP contribution in [0.25, 0.3) is 11.1 Å². The van der Waals surface area contributed by atoms with E-state index in [0.29, 0.717) is 28.3 Å². The molecule has 9 heteroatoms. The number of carboxylic acid groups (broad SMARTS) is 1. The predicted molar refractivity (Wildman–Crippen MR) is 90.5 cm³/mol. The van der Waals surface area contributed by atoms with Gasteiger partial charge < -0.3 is 15.4 Å². The van der Waals surface area contributed by atoms with Gasteiger partial charge in [-0.15, -0.1) is 5.06 Å². The van der Waals surface area contributed by atoms with Crippen LogP contribution in [-0.2, 0) is 11.3 Å². The smallest absolute Gasteiger partial charge is 0.448 e. The van der Waals surface area contributed by atoms with Gasteiger partial charge in [-0.1, -0.05) is 6.92 Å². The van der Waals surface area contributed by atoms with Gasteiger partial charge >= 0.3 is 12.2 Å². The average molecular weight is 346 g/mol. The second-order valence-electron chi connectivity index (χ2n) is 5.15. The van der Waals surface area contributed by atoms with Crippen molar-refractivity contribution in [2.24, 2.45) is 0 Å². The first-order valence-electron chi connectivity index (χ1n) is 7.48. The van der Waals surface area contributed by atoms with Crippen molar-refractivity contribution in [3.05, 3.63) is 46.1 Å². The van der Waals surface area contributed by atoms with Crippen LogP contribution in [0.2, 0.25) is 0 Å². The summed E-state index contributed by atoms with van der Waals surface area (Å²) in [5, 5.41) is 11.7. The number of aromatic nitrogens is 2. The number of aromatic amines is 1. The Hall–Kier alpha value is -3.36. The molecule has 0 aromatic carbocycles. The van der Waals surface area contributed by atoms with E-state index in [1.807, 2.05) is 6.92 Å². The summed E-state index contributed by atoms with van der Waals surface area (Å²) < 4.78 is 0. The Bertz CT molecular complexity index is 862. The molecule has 2 rings (SSSR count). The zero-order valence-corrected chi connectivity index (χ0v) is 14.0. The minimum absolute atomic E-state index is 0.128. The fraction of sp³-hybridized carbons (Fsp3) is 0.250. The summed E-state index contributed by atoms with van der Waals surface area (Å²) in [4.78, 5) is 45.9. The molecule has 0 unspecified atom stereocenters. The molecule has 2 aromatic heterocycles. The van der Waals surface area contributed by atoms with Crippen LogP contribution in [0, 0.1) is 6.92 Å². The largest absolute Gasteiger partial charge is 0.531 e. The van der Waals surface area contributed by atoms with Gasteiger partial charge in [0.05, 0.1) is 6.20 Å². The lowest BCUT2D eigenvalue weighted by molar-refractivity contribution is 0.0858. The van der Waals surface area contributed by atoms with Crippen molar-refractivity contribution in [1.82, 2.24) is 15.3 Å². The molecule has 0 fully saturated rings. The molecule has 0 radical (unpaired) electrons. The highest BCUT2D eigenvalue weighted by Crippen LogP contribution is 2.26. The van der Waals surface area contributed by atoms with Crippen molar-refractivity contribution < 1.29 is 19.5 Å². The first-order chi connectivity index (χ1) is 11.9. The second kappa shape index (κ2) is 7.47. The molecule has 0 atom stereocenters. The normalized spacial score (nSPS) is 10.2. The summed E-state index contributed by atoms with van der Waals surface area (Å²) in [6, 6.07) is 2.52. The monoisotopic (exact) mass is 346 g/mol. The first-order valence-corrected chi connectivity index (χ1v) is 7.48. The lowest BCUT2D eigenvalue weighted by atomic mass is 10.0. The molecule has 2 amide bonds. The summed E-state index contributed by atoms with van der Waals surface area (Å²) in [5.74, 6) is 0. The zero-order valence-electron chi connectivity index (χ0n) is 14.0. The number of carbonyl (C=O) groups is 2. The molecule has 3 N–H and O–H groups in total. The van der Waals surface area contributed by atoms with Gasteiger partial charge in [0.25, 0.3) is 5.56 Å². The Kier molecular flexibility index (Phi) is 5.38. The van der Waals surface area contributed by atoms with Crippen molar-refractivity contribution in [3.63, 3.8) is 0 Å². The van der Waals surface area contributed by atoms with Crippen molar-refractivity contribution >= 4 is 17.9 Å². The van der Waals surface area contributed by atoms with E-state index in [1.165, 1.54) is 13.2 Å². The van der Waals surface area contributed by atoms with Crippen molar-refractivity contribution in [2.75, 3.05) is 12.1 Å². The van der Waals surface area contributed by atoms with Crippen molar-refractivity contribution in [1.29, 1.82) is 0 Å². The van der Waals surface area contributed by atoms with Crippen LogP contribution < -0.4 is 15.9 Å². The number of nitrogens with one attached hydrogen (secondary N) is 2. The Balaban J connectivity index is 2.53. The molecule has 25 heavy (non-hydrogen) atoms. The Morgan fingerprint density at radius 1 is 1.36 bits per heavy atom. The van der Waals surface area contributed by atoms with Gasteiger partial charge in [-0.3, -0.25) is 14.6 Å². The third-order valence-corrected chi connectivity index (χ3v) is 3.53. The summed E-state index contributed by atoms with van der Waals surface area (Å²) in [5.41, 5.74) is 2.53. The number of carbonyl (C=O) groups excluding carboxylic acids is 1. The van der Waals surface area contributed by atoms with E-state index in [9.17, 15) is 14.4 Å². The number of hydrogen-bond donors (Lipinski definition) is 3. The van der Waals surface area contributed by atoms with Crippen LogP contribution in [-0.4, -0.2) is 34.3 Å². The Labute approximate surface area is 143 Å². The van der Waals surface area contributed by atoms with Crippen LogP contribution in [0.1, 0.15) is 18.2 Å². The van der Waals surface area contributed by atoms with Gasteiger partial charge in [0.1, 0.15) is 5.69 Å². The number of hydrogen-bond acceptors (Lipinski definition) is 5. The number of aryl methyl sites for hydroxylation is 2. The molecule has 2 heterocycles. The lowest BCUT2D eigenvalue weighted by Crippen LogP contribution is -2.39. The van der Waals surface area contributed by atoms with E-state index in [1.54, 1.807) is 25.3 Å².